The van der Waals surface area contributed by atoms with E-state index in [0.717, 1.165) is 5.56 Å². The first-order valence-electron chi connectivity index (χ1n) is 6.33. The number of nitrogens with two attached hydrogens (primary N) is 1. The number of hydrogen-bond donors (Lipinski definition) is 1. The Balaban J connectivity index is 2.25. The lowest BCUT2D eigenvalue weighted by molar-refractivity contribution is 0.0959. The predicted molar refractivity (Wildman–Crippen MR) is 68.2 cm³/mol. The van der Waals surface area contributed by atoms with Gasteiger partial charge in [-0.25, -0.2) is 4.39 Å². The Morgan fingerprint density at radius 2 is 2.00 bits per heavy atom. The molecule has 0 saturated heterocycles. The number of nitrogens with zero attached hydrogens (tertiary/aromatic N) is 1. The first-order valence-corrected chi connectivity index (χ1v) is 6.33. The second-order valence-corrected chi connectivity index (χ2v) is 5.08. The monoisotopic (exact) mass is 236 g/mol. The van der Waals surface area contributed by atoms with Crippen molar-refractivity contribution >= 4 is 0 Å². The quantitative estimate of drug-likeness (QED) is 0.871. The van der Waals surface area contributed by atoms with Crippen LogP contribution in [0.4, 0.5) is 4.39 Å². The minimum absolute atomic E-state index is 0.0264. The summed E-state index contributed by atoms with van der Waals surface area (Å²) in [6.45, 7) is 1.95. The molecular weight excluding hydrogens is 215 g/mol. The number of halogens is 1. The predicted octanol–water partition coefficient (Wildman–Crippen LogP) is 2.70. The Morgan fingerprint density at radius 1 is 1.35 bits per heavy atom. The second kappa shape index (κ2) is 5.15. The molecule has 17 heavy (non-hydrogen) atoms. The summed E-state index contributed by atoms with van der Waals surface area (Å²) in [5.41, 5.74) is 6.77. The summed E-state index contributed by atoms with van der Waals surface area (Å²) in [5, 5.41) is 0. The first kappa shape index (κ1) is 12.5. The van der Waals surface area contributed by atoms with Crippen LogP contribution in [0.15, 0.2) is 24.3 Å². The fraction of sp³-hybridized carbons (Fsp3) is 0.571. The van der Waals surface area contributed by atoms with Crippen LogP contribution in [0.2, 0.25) is 0 Å². The van der Waals surface area contributed by atoms with E-state index in [1.807, 2.05) is 19.1 Å². The molecule has 2 unspecified atom stereocenters. The number of benzene rings is 1. The highest BCUT2D eigenvalue weighted by Crippen LogP contribution is 2.33. The SMILES string of the molecule is CC(N)C(c1ccccc1F)N(C)C1CCC1. The number of likely N-dealkylation sites (N-methyl/N-ethyl adjacent to an activating group) is 1. The highest BCUT2D eigenvalue weighted by Gasteiger charge is 2.31. The van der Waals surface area contributed by atoms with E-state index < -0.39 is 0 Å². The van der Waals surface area contributed by atoms with Crippen LogP contribution in [0, 0.1) is 5.82 Å². The molecule has 1 fully saturated rings. The van der Waals surface area contributed by atoms with Gasteiger partial charge in [-0.3, -0.25) is 4.90 Å². The Kier molecular flexibility index (Phi) is 3.79. The van der Waals surface area contributed by atoms with Crippen LogP contribution in [-0.2, 0) is 0 Å². The van der Waals surface area contributed by atoms with E-state index in [9.17, 15) is 4.39 Å². The van der Waals surface area contributed by atoms with E-state index >= 15 is 0 Å². The smallest absolute Gasteiger partial charge is 0.128 e. The van der Waals surface area contributed by atoms with Gasteiger partial charge in [0, 0.05) is 17.6 Å². The molecule has 1 saturated carbocycles. The fourth-order valence-electron chi connectivity index (χ4n) is 2.61. The van der Waals surface area contributed by atoms with Crippen LogP contribution in [-0.4, -0.2) is 24.0 Å². The molecule has 2 atom stereocenters. The minimum atomic E-state index is -0.152. The minimum Gasteiger partial charge on any atom is -0.326 e. The molecule has 2 rings (SSSR count). The van der Waals surface area contributed by atoms with Crippen molar-refractivity contribution < 1.29 is 4.39 Å². The van der Waals surface area contributed by atoms with Crippen molar-refractivity contribution in [3.8, 4) is 0 Å². The third-order valence-corrected chi connectivity index (χ3v) is 3.81. The summed E-state index contributed by atoms with van der Waals surface area (Å²) in [6, 6.07) is 7.42. The maximum absolute atomic E-state index is 13.9. The van der Waals surface area contributed by atoms with Crippen LogP contribution in [0.3, 0.4) is 0 Å². The third-order valence-electron chi connectivity index (χ3n) is 3.81. The lowest BCUT2D eigenvalue weighted by Gasteiger charge is -2.41. The van der Waals surface area contributed by atoms with E-state index in [4.69, 9.17) is 5.73 Å². The molecule has 94 valence electrons. The topological polar surface area (TPSA) is 29.3 Å². The number of rotatable bonds is 4. The van der Waals surface area contributed by atoms with Gasteiger partial charge in [0.25, 0.3) is 0 Å². The zero-order chi connectivity index (χ0) is 12.4. The zero-order valence-corrected chi connectivity index (χ0v) is 10.6. The average molecular weight is 236 g/mol. The van der Waals surface area contributed by atoms with Gasteiger partial charge in [-0.2, -0.15) is 0 Å². The van der Waals surface area contributed by atoms with E-state index in [1.165, 1.54) is 25.3 Å². The van der Waals surface area contributed by atoms with Crippen LogP contribution in [0.5, 0.6) is 0 Å². The van der Waals surface area contributed by atoms with Gasteiger partial charge in [0.05, 0.1) is 6.04 Å². The molecule has 0 bridgehead atoms. The first-order chi connectivity index (χ1) is 8.11. The number of hydrogen-bond acceptors (Lipinski definition) is 2. The third kappa shape index (κ3) is 2.50. The van der Waals surface area contributed by atoms with Gasteiger partial charge in [-0.15, -0.1) is 0 Å². The van der Waals surface area contributed by atoms with Crippen molar-refractivity contribution in [2.45, 2.75) is 44.3 Å². The molecule has 0 radical (unpaired) electrons. The van der Waals surface area contributed by atoms with E-state index in [0.29, 0.717) is 6.04 Å². The van der Waals surface area contributed by atoms with Crippen molar-refractivity contribution in [3.05, 3.63) is 35.6 Å². The maximum Gasteiger partial charge on any atom is 0.128 e. The molecule has 1 aromatic carbocycles. The Morgan fingerprint density at radius 3 is 2.47 bits per heavy atom. The zero-order valence-electron chi connectivity index (χ0n) is 10.6. The molecule has 0 heterocycles. The van der Waals surface area contributed by atoms with E-state index in [1.54, 1.807) is 6.07 Å². The second-order valence-electron chi connectivity index (χ2n) is 5.08. The van der Waals surface area contributed by atoms with E-state index in [2.05, 4.69) is 11.9 Å². The highest BCUT2D eigenvalue weighted by molar-refractivity contribution is 5.23. The van der Waals surface area contributed by atoms with Crippen molar-refractivity contribution in [3.63, 3.8) is 0 Å². The Bertz CT molecular complexity index is 374. The molecule has 0 aromatic heterocycles. The molecule has 1 aliphatic rings. The van der Waals surface area contributed by atoms with Gasteiger partial charge >= 0.3 is 0 Å². The van der Waals surface area contributed by atoms with Crippen molar-refractivity contribution in [2.24, 2.45) is 5.73 Å². The van der Waals surface area contributed by atoms with Crippen LogP contribution < -0.4 is 5.73 Å². The summed E-state index contributed by atoms with van der Waals surface area (Å²) in [4.78, 5) is 2.24. The highest BCUT2D eigenvalue weighted by atomic mass is 19.1. The summed E-state index contributed by atoms with van der Waals surface area (Å²) in [5.74, 6) is -0.152. The molecular formula is C14H21FN2. The van der Waals surface area contributed by atoms with Crippen LogP contribution in [0.25, 0.3) is 0 Å². The van der Waals surface area contributed by atoms with Crippen molar-refractivity contribution in [1.29, 1.82) is 0 Å². The van der Waals surface area contributed by atoms with Gasteiger partial charge in [-0.05, 0) is 32.9 Å². The molecule has 2 nitrogen and oxygen atoms in total. The molecule has 2 N–H and O–H groups in total. The molecule has 3 heteroatoms. The average Bonchev–Trinajstić information content (AvgIpc) is 2.18. The Hall–Kier alpha value is -0.930. The maximum atomic E-state index is 13.9. The summed E-state index contributed by atoms with van der Waals surface area (Å²) in [6.07, 6.45) is 3.68. The standard InChI is InChI=1S/C14H21FN2/c1-10(16)14(17(2)11-6-5-7-11)12-8-3-4-9-13(12)15/h3-4,8-11,14H,5-7,16H2,1-2H3. The molecule has 0 aliphatic heterocycles. The van der Waals surface area contributed by atoms with Crippen molar-refractivity contribution in [2.75, 3.05) is 7.05 Å². The van der Waals surface area contributed by atoms with Crippen molar-refractivity contribution in [1.82, 2.24) is 4.90 Å². The van der Waals surface area contributed by atoms with Gasteiger partial charge in [0.1, 0.15) is 5.82 Å². The lowest BCUT2D eigenvalue weighted by atomic mass is 9.88. The molecule has 1 aromatic rings. The molecule has 0 amide bonds. The molecule has 1 aliphatic carbocycles. The normalized spacial score (nSPS) is 20.1. The summed E-state index contributed by atoms with van der Waals surface area (Å²) in [7, 11) is 2.06. The summed E-state index contributed by atoms with van der Waals surface area (Å²) < 4.78 is 13.9. The van der Waals surface area contributed by atoms with E-state index in [-0.39, 0.29) is 17.9 Å². The van der Waals surface area contributed by atoms with Gasteiger partial charge in [-0.1, -0.05) is 24.6 Å². The van der Waals surface area contributed by atoms with Gasteiger partial charge in [0.15, 0.2) is 0 Å². The van der Waals surface area contributed by atoms with Gasteiger partial charge in [0.2, 0.25) is 0 Å². The van der Waals surface area contributed by atoms with Crippen LogP contribution in [0.1, 0.15) is 37.8 Å². The van der Waals surface area contributed by atoms with Gasteiger partial charge < -0.3 is 5.73 Å². The van der Waals surface area contributed by atoms with Crippen LogP contribution >= 0.6 is 0 Å². The largest absolute Gasteiger partial charge is 0.326 e. The lowest BCUT2D eigenvalue weighted by Crippen LogP contribution is -2.45. The summed E-state index contributed by atoms with van der Waals surface area (Å²) >= 11 is 0. The Labute approximate surface area is 103 Å². The fourth-order valence-corrected chi connectivity index (χ4v) is 2.61. The molecule has 0 spiro atoms.